The Bertz CT molecular complexity index is 1060. The molecule has 0 aliphatic carbocycles. The molecule has 0 spiro atoms. The summed E-state index contributed by atoms with van der Waals surface area (Å²) in [7, 11) is 2.19. The number of phenolic OH excluding ortho intramolecular Hbond substituents is 1. The van der Waals surface area contributed by atoms with Crippen LogP contribution in [0.15, 0.2) is 36.4 Å². The zero-order valence-corrected chi connectivity index (χ0v) is 21.6. The molecule has 3 rings (SSSR count). The predicted molar refractivity (Wildman–Crippen MR) is 129 cm³/mol. The highest BCUT2D eigenvalue weighted by Gasteiger charge is 2.56. The second-order valence-electron chi connectivity index (χ2n) is 7.73. The zero-order valence-electron chi connectivity index (χ0n) is 20.7. The molecular weight excluding hydrogens is 477 g/mol. The first-order valence-corrected chi connectivity index (χ1v) is 12.8. The fourth-order valence-electron chi connectivity index (χ4n) is 4.32. The van der Waals surface area contributed by atoms with E-state index >= 15 is 0 Å². The van der Waals surface area contributed by atoms with Crippen molar-refractivity contribution in [3.8, 4) is 23.0 Å². The molecule has 1 fully saturated rings. The molecule has 2 aromatic carbocycles. The highest BCUT2D eigenvalue weighted by atomic mass is 31.2. The Morgan fingerprint density at radius 1 is 1.03 bits per heavy atom. The minimum absolute atomic E-state index is 0.0756. The van der Waals surface area contributed by atoms with Gasteiger partial charge in [0.05, 0.1) is 40.1 Å². The number of ketones is 1. The van der Waals surface area contributed by atoms with Gasteiger partial charge in [-0.3, -0.25) is 14.2 Å². The molecule has 3 atom stereocenters. The lowest BCUT2D eigenvalue weighted by Gasteiger charge is -2.30. The normalized spacial score (nSPS) is 20.6. The first-order chi connectivity index (χ1) is 16.8. The van der Waals surface area contributed by atoms with E-state index < -0.39 is 31.2 Å². The van der Waals surface area contributed by atoms with Crippen LogP contribution in [0, 0.1) is 0 Å². The number of likely N-dealkylation sites (N-methyl/N-ethyl adjacent to an activating group) is 1. The number of Topliss-reactive ketones (excluding diaryl/α,β-unsaturated/α-hetero) is 1. The fourth-order valence-corrected chi connectivity index (χ4v) is 6.60. The Labute approximate surface area is 205 Å². The molecule has 0 amide bonds. The van der Waals surface area contributed by atoms with Crippen LogP contribution in [-0.2, 0) is 18.5 Å². The largest absolute Gasteiger partial charge is 0.507 e. The highest BCUT2D eigenvalue weighted by molar-refractivity contribution is 7.54. The van der Waals surface area contributed by atoms with Gasteiger partial charge in [-0.25, -0.2) is 0 Å². The van der Waals surface area contributed by atoms with Crippen molar-refractivity contribution in [1.29, 1.82) is 0 Å². The van der Waals surface area contributed by atoms with E-state index in [9.17, 15) is 14.5 Å². The van der Waals surface area contributed by atoms with Crippen LogP contribution in [0.2, 0.25) is 0 Å². The summed E-state index contributed by atoms with van der Waals surface area (Å²) in [5.74, 6) is -1.43. The summed E-state index contributed by atoms with van der Waals surface area (Å²) in [5, 5.41) is 11.7. The van der Waals surface area contributed by atoms with Crippen LogP contribution in [0.5, 0.6) is 23.0 Å². The van der Waals surface area contributed by atoms with Crippen molar-refractivity contribution in [2.45, 2.75) is 31.7 Å². The average molecular weight is 509 g/mol. The standard InChI is InChI=1S/C24H32NO9P/c1-7-32-35(28,33-8-2)24-20(15-13-18(29-4)22(31-6)19(14-15)30-5)23(34-25(24)3)21(27)16-11-9-10-12-17(16)26/h9-14,20,23-24,26H,7-8H2,1-6H3/t20-,23+,24+/m0/s1. The molecular formula is C24H32NO9P. The fraction of sp³-hybridized carbons (Fsp3) is 0.458. The van der Waals surface area contributed by atoms with Gasteiger partial charge in [0.1, 0.15) is 11.5 Å². The van der Waals surface area contributed by atoms with Gasteiger partial charge in [0.25, 0.3) is 0 Å². The molecule has 0 radical (unpaired) electrons. The van der Waals surface area contributed by atoms with Crippen LogP contribution in [0.3, 0.4) is 0 Å². The number of nitrogens with zero attached hydrogens (tertiary/aromatic N) is 1. The molecule has 1 heterocycles. The van der Waals surface area contributed by atoms with Gasteiger partial charge < -0.3 is 28.4 Å². The number of rotatable bonds is 11. The second-order valence-corrected chi connectivity index (χ2v) is 9.85. The van der Waals surface area contributed by atoms with Gasteiger partial charge in [0, 0.05) is 13.0 Å². The Morgan fingerprint density at radius 2 is 1.60 bits per heavy atom. The van der Waals surface area contributed by atoms with Gasteiger partial charge in [0.15, 0.2) is 23.4 Å². The lowest BCUT2D eigenvalue weighted by Crippen LogP contribution is -2.32. The van der Waals surface area contributed by atoms with E-state index in [4.69, 9.17) is 28.1 Å². The molecule has 1 aliphatic heterocycles. The van der Waals surface area contributed by atoms with Gasteiger partial charge in [-0.15, -0.1) is 0 Å². The minimum atomic E-state index is -3.82. The number of ether oxygens (including phenoxy) is 3. The van der Waals surface area contributed by atoms with Gasteiger partial charge in [-0.1, -0.05) is 12.1 Å². The van der Waals surface area contributed by atoms with Crippen LogP contribution >= 0.6 is 7.60 Å². The number of carbonyl (C=O) groups excluding carboxylic acids is 1. The van der Waals surface area contributed by atoms with Crippen molar-refractivity contribution in [3.63, 3.8) is 0 Å². The maximum atomic E-state index is 14.0. The minimum Gasteiger partial charge on any atom is -0.507 e. The van der Waals surface area contributed by atoms with E-state index in [0.717, 1.165) is 0 Å². The number of aromatic hydroxyl groups is 1. The highest BCUT2D eigenvalue weighted by Crippen LogP contribution is 2.62. The Kier molecular flexibility index (Phi) is 8.79. The summed E-state index contributed by atoms with van der Waals surface area (Å²) in [4.78, 5) is 19.6. The molecule has 2 aromatic rings. The topological polar surface area (TPSA) is 113 Å². The second kappa shape index (κ2) is 11.4. The van der Waals surface area contributed by atoms with Crippen molar-refractivity contribution in [2.24, 2.45) is 0 Å². The molecule has 1 aliphatic rings. The first-order valence-electron chi connectivity index (χ1n) is 11.2. The average Bonchev–Trinajstić information content (AvgIpc) is 3.21. The molecule has 0 bridgehead atoms. The number of benzene rings is 2. The SMILES string of the molecule is CCOP(=O)(OCC)[C@@H]1[C@@H](c2cc(OC)c(OC)c(OC)c2)[C@H](C(=O)c2ccccc2O)ON1C. The summed E-state index contributed by atoms with van der Waals surface area (Å²) in [6, 6.07) is 9.53. The van der Waals surface area contributed by atoms with Crippen LogP contribution in [-0.4, -0.2) is 69.4 Å². The number of hydroxylamine groups is 2. The lowest BCUT2D eigenvalue weighted by molar-refractivity contribution is -0.122. The van der Waals surface area contributed by atoms with Crippen molar-refractivity contribution in [3.05, 3.63) is 47.5 Å². The summed E-state index contributed by atoms with van der Waals surface area (Å²) in [6.07, 6.45) is -1.16. The number of carbonyl (C=O) groups is 1. The lowest BCUT2D eigenvalue weighted by atomic mass is 9.88. The molecule has 35 heavy (non-hydrogen) atoms. The zero-order chi connectivity index (χ0) is 25.8. The summed E-state index contributed by atoms with van der Waals surface area (Å²) in [6.45, 7) is 3.67. The monoisotopic (exact) mass is 509 g/mol. The Morgan fingerprint density at radius 3 is 2.09 bits per heavy atom. The van der Waals surface area contributed by atoms with Crippen molar-refractivity contribution >= 4 is 13.4 Å². The smallest absolute Gasteiger partial charge is 0.350 e. The first kappa shape index (κ1) is 27.0. The summed E-state index contributed by atoms with van der Waals surface area (Å²) < 4.78 is 41.8. The van der Waals surface area contributed by atoms with E-state index in [1.165, 1.54) is 38.5 Å². The van der Waals surface area contributed by atoms with Crippen molar-refractivity contribution < 1.29 is 42.6 Å². The third-order valence-corrected chi connectivity index (χ3v) is 8.27. The van der Waals surface area contributed by atoms with E-state index in [0.29, 0.717) is 22.8 Å². The van der Waals surface area contributed by atoms with Crippen LogP contribution in [0.4, 0.5) is 0 Å². The molecule has 0 saturated carbocycles. The van der Waals surface area contributed by atoms with E-state index in [1.807, 2.05) is 0 Å². The number of hydrogen-bond acceptors (Lipinski definition) is 10. The third-order valence-electron chi connectivity index (χ3n) is 5.74. The van der Waals surface area contributed by atoms with Gasteiger partial charge in [-0.2, -0.15) is 5.06 Å². The third kappa shape index (κ3) is 5.17. The summed E-state index contributed by atoms with van der Waals surface area (Å²) >= 11 is 0. The predicted octanol–water partition coefficient (Wildman–Crippen LogP) is 4.22. The summed E-state index contributed by atoms with van der Waals surface area (Å²) in [5.41, 5.74) is 0.605. The van der Waals surface area contributed by atoms with E-state index in [-0.39, 0.29) is 24.5 Å². The van der Waals surface area contributed by atoms with Gasteiger partial charge in [0.2, 0.25) is 5.75 Å². The molecule has 11 heteroatoms. The number of hydrogen-bond donors (Lipinski definition) is 1. The number of phenols is 1. The molecule has 1 saturated heterocycles. The Balaban J connectivity index is 2.24. The number of methoxy groups -OCH3 is 3. The van der Waals surface area contributed by atoms with E-state index in [1.54, 1.807) is 45.2 Å². The maximum Gasteiger partial charge on any atom is 0.350 e. The molecule has 1 N–H and O–H groups in total. The molecule has 0 aromatic heterocycles. The number of para-hydroxylation sites is 1. The molecule has 10 nitrogen and oxygen atoms in total. The van der Waals surface area contributed by atoms with Crippen molar-refractivity contribution in [2.75, 3.05) is 41.6 Å². The van der Waals surface area contributed by atoms with Crippen LogP contribution in [0.25, 0.3) is 0 Å². The van der Waals surface area contributed by atoms with Crippen LogP contribution < -0.4 is 14.2 Å². The maximum absolute atomic E-state index is 14.0. The van der Waals surface area contributed by atoms with Crippen LogP contribution in [0.1, 0.15) is 35.7 Å². The Hall–Kier alpha value is -2.62. The molecule has 192 valence electrons. The van der Waals surface area contributed by atoms with Crippen molar-refractivity contribution in [1.82, 2.24) is 5.06 Å². The quantitative estimate of drug-likeness (QED) is 0.349. The van der Waals surface area contributed by atoms with Gasteiger partial charge >= 0.3 is 7.60 Å². The van der Waals surface area contributed by atoms with E-state index in [2.05, 4.69) is 0 Å². The van der Waals surface area contributed by atoms with Gasteiger partial charge in [-0.05, 0) is 43.7 Å². The molecule has 0 unspecified atom stereocenters.